The Morgan fingerprint density at radius 3 is 3.00 bits per heavy atom. The van der Waals surface area contributed by atoms with Crippen molar-refractivity contribution in [2.45, 2.75) is 44.3 Å². The van der Waals surface area contributed by atoms with Crippen LogP contribution in [0.4, 0.5) is 0 Å². The Morgan fingerprint density at radius 2 is 2.21 bits per heavy atom. The number of fused-ring (bicyclic) bond motifs is 3. The largest absolute Gasteiger partial charge is 0.351 e. The number of benzene rings is 1. The summed E-state index contributed by atoms with van der Waals surface area (Å²) in [4.78, 5) is 26.6. The highest BCUT2D eigenvalue weighted by Crippen LogP contribution is 2.37. The molecule has 2 saturated heterocycles. The molecule has 0 saturated carbocycles. The molecule has 5 rings (SSSR count). The predicted molar refractivity (Wildman–Crippen MR) is 104 cm³/mol. The van der Waals surface area contributed by atoms with Crippen LogP contribution in [0.25, 0.3) is 22.3 Å². The van der Waals surface area contributed by atoms with E-state index in [9.17, 15) is 10.1 Å². The molecule has 1 amide bonds. The molecule has 7 heteroatoms. The molecule has 2 aliphatic heterocycles. The van der Waals surface area contributed by atoms with Crippen molar-refractivity contribution in [1.82, 2.24) is 25.2 Å². The van der Waals surface area contributed by atoms with Crippen LogP contribution in [0.1, 0.15) is 35.4 Å². The first-order chi connectivity index (χ1) is 13.6. The van der Waals surface area contributed by atoms with Crippen LogP contribution in [0.3, 0.4) is 0 Å². The van der Waals surface area contributed by atoms with Crippen LogP contribution in [0.15, 0.2) is 36.5 Å². The van der Waals surface area contributed by atoms with Crippen LogP contribution in [0.5, 0.6) is 0 Å². The zero-order chi connectivity index (χ0) is 19.3. The van der Waals surface area contributed by atoms with E-state index in [0.717, 1.165) is 41.4 Å². The molecule has 1 aromatic carbocycles. The molecule has 2 N–H and O–H groups in total. The van der Waals surface area contributed by atoms with E-state index < -0.39 is 0 Å². The van der Waals surface area contributed by atoms with E-state index in [1.165, 1.54) is 0 Å². The first kappa shape index (κ1) is 16.8. The van der Waals surface area contributed by atoms with Gasteiger partial charge >= 0.3 is 0 Å². The van der Waals surface area contributed by atoms with Gasteiger partial charge in [-0.05, 0) is 44.4 Å². The Labute approximate surface area is 162 Å². The smallest absolute Gasteiger partial charge is 0.268 e. The lowest BCUT2D eigenvalue weighted by atomic mass is 9.95. The van der Waals surface area contributed by atoms with Crippen molar-refractivity contribution in [3.05, 3.63) is 47.9 Å². The van der Waals surface area contributed by atoms with Gasteiger partial charge in [0.2, 0.25) is 0 Å². The quantitative estimate of drug-likeness (QED) is 0.689. The number of carbonyl (C=O) groups excluding carboxylic acids is 1. The van der Waals surface area contributed by atoms with E-state index in [-0.39, 0.29) is 24.0 Å². The van der Waals surface area contributed by atoms with Gasteiger partial charge in [0.15, 0.2) is 12.0 Å². The van der Waals surface area contributed by atoms with E-state index >= 15 is 0 Å². The summed E-state index contributed by atoms with van der Waals surface area (Å²) in [6.07, 6.45) is 6.88. The SMILES string of the molecule is Cc1ccnc(-c2ccc3cc(C(=O)N[C@@H]4C[C@@H]5CC[C@H]4N5C#N)[nH]c3c2)n1. The number of hydrogen-bond donors (Lipinski definition) is 2. The molecule has 2 aromatic heterocycles. The van der Waals surface area contributed by atoms with Gasteiger partial charge in [-0.3, -0.25) is 4.79 Å². The summed E-state index contributed by atoms with van der Waals surface area (Å²) in [7, 11) is 0. The molecule has 3 atom stereocenters. The van der Waals surface area contributed by atoms with Crippen LogP contribution >= 0.6 is 0 Å². The number of amides is 1. The molecular weight excluding hydrogens is 352 g/mol. The highest BCUT2D eigenvalue weighted by molar-refractivity contribution is 5.98. The lowest BCUT2D eigenvalue weighted by Gasteiger charge is -2.21. The van der Waals surface area contributed by atoms with Crippen molar-refractivity contribution in [1.29, 1.82) is 5.26 Å². The van der Waals surface area contributed by atoms with E-state index in [1.54, 1.807) is 6.20 Å². The number of carbonyl (C=O) groups is 1. The zero-order valence-corrected chi connectivity index (χ0v) is 15.5. The lowest BCUT2D eigenvalue weighted by Crippen LogP contribution is -2.43. The highest BCUT2D eigenvalue weighted by Gasteiger charge is 2.46. The minimum absolute atomic E-state index is 0.0357. The van der Waals surface area contributed by atoms with Gasteiger partial charge in [0.05, 0.1) is 12.1 Å². The van der Waals surface area contributed by atoms with Crippen LogP contribution in [0.2, 0.25) is 0 Å². The summed E-state index contributed by atoms with van der Waals surface area (Å²) in [5.41, 5.74) is 3.22. The lowest BCUT2D eigenvalue weighted by molar-refractivity contribution is 0.0924. The second-order valence-electron chi connectivity index (χ2n) is 7.63. The molecule has 2 bridgehead atoms. The number of nitrogens with one attached hydrogen (secondary N) is 2. The molecule has 140 valence electrons. The van der Waals surface area contributed by atoms with Gasteiger partial charge in [-0.2, -0.15) is 5.26 Å². The Morgan fingerprint density at radius 1 is 1.32 bits per heavy atom. The van der Waals surface area contributed by atoms with Gasteiger partial charge in [0, 0.05) is 34.4 Å². The average Bonchev–Trinajstić information content (AvgIpc) is 3.39. The van der Waals surface area contributed by atoms with Crippen molar-refractivity contribution < 1.29 is 4.79 Å². The van der Waals surface area contributed by atoms with Crippen LogP contribution in [-0.4, -0.2) is 43.9 Å². The fourth-order valence-electron chi connectivity index (χ4n) is 4.52. The number of hydrogen-bond acceptors (Lipinski definition) is 5. The topological polar surface area (TPSA) is 97.7 Å². The normalized spacial score (nSPS) is 23.1. The van der Waals surface area contributed by atoms with E-state index in [4.69, 9.17) is 0 Å². The zero-order valence-electron chi connectivity index (χ0n) is 15.5. The summed E-state index contributed by atoms with van der Waals surface area (Å²) in [6.45, 7) is 1.93. The second kappa shape index (κ2) is 6.34. The number of nitriles is 1. The number of aromatic nitrogens is 3. The first-order valence-corrected chi connectivity index (χ1v) is 9.54. The number of nitrogens with zero attached hydrogens (tertiary/aromatic N) is 4. The number of H-pyrrole nitrogens is 1. The number of aryl methyl sites for hydroxylation is 1. The van der Waals surface area contributed by atoms with Crippen molar-refractivity contribution >= 4 is 16.8 Å². The maximum atomic E-state index is 12.8. The summed E-state index contributed by atoms with van der Waals surface area (Å²) in [6, 6.07) is 10.1. The molecule has 4 heterocycles. The van der Waals surface area contributed by atoms with Crippen molar-refractivity contribution in [3.63, 3.8) is 0 Å². The molecule has 3 aromatic rings. The average molecular weight is 372 g/mol. The van der Waals surface area contributed by atoms with E-state index in [0.29, 0.717) is 11.5 Å². The summed E-state index contributed by atoms with van der Waals surface area (Å²) in [5, 5.41) is 13.4. The predicted octanol–water partition coefficient (Wildman–Crippen LogP) is 2.75. The highest BCUT2D eigenvalue weighted by atomic mass is 16.2. The van der Waals surface area contributed by atoms with Crippen molar-refractivity contribution in [2.24, 2.45) is 0 Å². The van der Waals surface area contributed by atoms with Crippen LogP contribution in [-0.2, 0) is 0 Å². The minimum Gasteiger partial charge on any atom is -0.351 e. The van der Waals surface area contributed by atoms with Gasteiger partial charge in [0.1, 0.15) is 5.69 Å². The molecule has 28 heavy (non-hydrogen) atoms. The van der Waals surface area contributed by atoms with Crippen molar-refractivity contribution in [3.8, 4) is 17.6 Å². The molecule has 0 unspecified atom stereocenters. The Bertz CT molecular complexity index is 1110. The van der Waals surface area contributed by atoms with Gasteiger partial charge in [0.25, 0.3) is 5.91 Å². The Balaban J connectivity index is 1.38. The molecule has 2 fully saturated rings. The Kier molecular flexibility index (Phi) is 3.79. The molecular formula is C21H20N6O. The van der Waals surface area contributed by atoms with E-state index in [2.05, 4.69) is 26.5 Å². The van der Waals surface area contributed by atoms with Crippen molar-refractivity contribution in [2.75, 3.05) is 0 Å². The standard InChI is InChI=1S/C21H20N6O/c1-12-6-7-23-20(24-12)14-3-2-13-8-18(25-16(13)9-14)21(28)26-17-10-15-4-5-19(17)27(15)11-22/h2-3,6-9,15,17,19,25H,4-5,10H2,1H3,(H,26,28)/t15-,17+,19+/m0/s1. The van der Waals surface area contributed by atoms with Gasteiger partial charge in [-0.15, -0.1) is 0 Å². The maximum absolute atomic E-state index is 12.8. The fourth-order valence-corrected chi connectivity index (χ4v) is 4.52. The minimum atomic E-state index is -0.125. The third-order valence-electron chi connectivity index (χ3n) is 5.89. The van der Waals surface area contributed by atoms with Gasteiger partial charge in [-0.25, -0.2) is 9.97 Å². The molecule has 0 radical (unpaired) electrons. The molecule has 7 nitrogen and oxygen atoms in total. The molecule has 0 aliphatic carbocycles. The summed E-state index contributed by atoms with van der Waals surface area (Å²) in [5.74, 6) is 0.543. The fraction of sp³-hybridized carbons (Fsp3) is 0.333. The monoisotopic (exact) mass is 372 g/mol. The van der Waals surface area contributed by atoms with Gasteiger partial charge < -0.3 is 15.2 Å². The third kappa shape index (κ3) is 2.69. The summed E-state index contributed by atoms with van der Waals surface area (Å²) < 4.78 is 0. The molecule has 2 aliphatic rings. The molecule has 0 spiro atoms. The van der Waals surface area contributed by atoms with E-state index in [1.807, 2.05) is 42.2 Å². The Hall–Kier alpha value is -3.40. The number of aromatic amines is 1. The van der Waals surface area contributed by atoms with Crippen LogP contribution < -0.4 is 5.32 Å². The second-order valence-corrected chi connectivity index (χ2v) is 7.63. The maximum Gasteiger partial charge on any atom is 0.268 e. The summed E-state index contributed by atoms with van der Waals surface area (Å²) >= 11 is 0. The van der Waals surface area contributed by atoms with Gasteiger partial charge in [-0.1, -0.05) is 12.1 Å². The van der Waals surface area contributed by atoms with Crippen LogP contribution in [0, 0.1) is 18.4 Å². The number of rotatable bonds is 3. The third-order valence-corrected chi connectivity index (χ3v) is 5.89. The first-order valence-electron chi connectivity index (χ1n) is 9.54.